The fraction of sp³-hybridized carbons (Fsp3) is 0.500. The quantitative estimate of drug-likeness (QED) is 0.906. The third kappa shape index (κ3) is 3.47. The Morgan fingerprint density at radius 3 is 2.78 bits per heavy atom. The molecular formula is C14H21ClN2O. The first-order valence-corrected chi connectivity index (χ1v) is 6.20. The zero-order valence-electron chi connectivity index (χ0n) is 11.0. The minimum Gasteiger partial charge on any atom is -0.341 e. The molecule has 1 heterocycles. The predicted octanol–water partition coefficient (Wildman–Crippen LogP) is 1.78. The summed E-state index contributed by atoms with van der Waals surface area (Å²) >= 11 is 0. The van der Waals surface area contributed by atoms with Gasteiger partial charge in [-0.05, 0) is 31.5 Å². The van der Waals surface area contributed by atoms with Crippen molar-refractivity contribution in [2.45, 2.75) is 25.8 Å². The zero-order chi connectivity index (χ0) is 12.3. The second-order valence-electron chi connectivity index (χ2n) is 4.72. The Labute approximate surface area is 115 Å². The highest BCUT2D eigenvalue weighted by Crippen LogP contribution is 2.13. The van der Waals surface area contributed by atoms with E-state index in [1.54, 1.807) is 0 Å². The first kappa shape index (κ1) is 15.0. The predicted molar refractivity (Wildman–Crippen MR) is 76.2 cm³/mol. The van der Waals surface area contributed by atoms with Gasteiger partial charge < -0.3 is 10.2 Å². The molecule has 3 nitrogen and oxygen atoms in total. The van der Waals surface area contributed by atoms with Gasteiger partial charge in [-0.1, -0.05) is 24.3 Å². The van der Waals surface area contributed by atoms with E-state index in [4.69, 9.17) is 0 Å². The van der Waals surface area contributed by atoms with Crippen LogP contribution in [-0.4, -0.2) is 37.0 Å². The zero-order valence-corrected chi connectivity index (χ0v) is 11.8. The van der Waals surface area contributed by atoms with E-state index in [9.17, 15) is 4.79 Å². The summed E-state index contributed by atoms with van der Waals surface area (Å²) in [5.41, 5.74) is 2.34. The van der Waals surface area contributed by atoms with Crippen LogP contribution in [0.1, 0.15) is 17.5 Å². The van der Waals surface area contributed by atoms with Crippen LogP contribution in [0.5, 0.6) is 0 Å². The van der Waals surface area contributed by atoms with Crippen molar-refractivity contribution < 1.29 is 4.79 Å². The van der Waals surface area contributed by atoms with Gasteiger partial charge >= 0.3 is 0 Å². The Hall–Kier alpha value is -1.06. The van der Waals surface area contributed by atoms with Crippen LogP contribution in [-0.2, 0) is 11.2 Å². The lowest BCUT2D eigenvalue weighted by molar-refractivity contribution is -0.129. The summed E-state index contributed by atoms with van der Waals surface area (Å²) in [6.45, 7) is 3.79. The highest BCUT2D eigenvalue weighted by molar-refractivity contribution is 5.85. The maximum Gasteiger partial charge on any atom is 0.227 e. The van der Waals surface area contributed by atoms with Gasteiger partial charge in [0.1, 0.15) is 0 Å². The van der Waals surface area contributed by atoms with Crippen LogP contribution in [0.3, 0.4) is 0 Å². The second kappa shape index (κ2) is 6.76. The van der Waals surface area contributed by atoms with Crippen molar-refractivity contribution in [3.8, 4) is 0 Å². The number of nitrogens with one attached hydrogen (secondary N) is 1. The number of halogens is 1. The molecule has 0 bridgehead atoms. The molecule has 1 amide bonds. The molecule has 1 aromatic carbocycles. The molecule has 0 aromatic heterocycles. The van der Waals surface area contributed by atoms with Crippen molar-refractivity contribution in [1.82, 2.24) is 10.2 Å². The van der Waals surface area contributed by atoms with Crippen LogP contribution in [0.2, 0.25) is 0 Å². The minimum atomic E-state index is 0. The number of hydrogen-bond donors (Lipinski definition) is 1. The fourth-order valence-electron chi connectivity index (χ4n) is 2.31. The first-order chi connectivity index (χ1) is 8.20. The molecule has 0 aliphatic carbocycles. The monoisotopic (exact) mass is 268 g/mol. The third-order valence-corrected chi connectivity index (χ3v) is 3.55. The standard InChI is InChI=1S/C14H20N2O.ClH/c1-11-5-3-4-6-12(11)9-14(17)16-8-7-13(10-16)15-2;/h3-6,13,15H,7-10H2,1-2H3;1H. The molecule has 4 heteroatoms. The van der Waals surface area contributed by atoms with E-state index in [1.165, 1.54) is 5.56 Å². The van der Waals surface area contributed by atoms with Crippen LogP contribution >= 0.6 is 12.4 Å². The van der Waals surface area contributed by atoms with E-state index >= 15 is 0 Å². The molecule has 1 aliphatic rings. The molecule has 1 saturated heterocycles. The first-order valence-electron chi connectivity index (χ1n) is 6.20. The van der Waals surface area contributed by atoms with Crippen LogP contribution in [0.25, 0.3) is 0 Å². The number of likely N-dealkylation sites (N-methyl/N-ethyl adjacent to an activating group) is 1. The molecule has 0 saturated carbocycles. The van der Waals surface area contributed by atoms with E-state index in [1.807, 2.05) is 30.1 Å². The highest BCUT2D eigenvalue weighted by Gasteiger charge is 2.24. The average Bonchev–Trinajstić information content (AvgIpc) is 2.81. The van der Waals surface area contributed by atoms with Gasteiger partial charge in [-0.25, -0.2) is 0 Å². The van der Waals surface area contributed by atoms with Crippen LogP contribution in [0.4, 0.5) is 0 Å². The number of benzene rings is 1. The van der Waals surface area contributed by atoms with Gasteiger partial charge in [0.25, 0.3) is 0 Å². The number of amides is 1. The number of rotatable bonds is 3. The lowest BCUT2D eigenvalue weighted by Gasteiger charge is -2.17. The molecule has 1 atom stereocenters. The average molecular weight is 269 g/mol. The smallest absolute Gasteiger partial charge is 0.227 e. The molecule has 0 radical (unpaired) electrons. The summed E-state index contributed by atoms with van der Waals surface area (Å²) in [5.74, 6) is 0.247. The lowest BCUT2D eigenvalue weighted by Crippen LogP contribution is -2.34. The van der Waals surface area contributed by atoms with E-state index in [-0.39, 0.29) is 18.3 Å². The number of hydrogen-bond acceptors (Lipinski definition) is 2. The van der Waals surface area contributed by atoms with Gasteiger partial charge in [0, 0.05) is 19.1 Å². The van der Waals surface area contributed by atoms with Crippen LogP contribution in [0.15, 0.2) is 24.3 Å². The van der Waals surface area contributed by atoms with Gasteiger partial charge in [-0.15, -0.1) is 12.4 Å². The van der Waals surface area contributed by atoms with Crippen molar-refractivity contribution in [1.29, 1.82) is 0 Å². The Morgan fingerprint density at radius 1 is 1.44 bits per heavy atom. The molecule has 0 spiro atoms. The number of likely N-dealkylation sites (tertiary alicyclic amines) is 1. The normalized spacial score (nSPS) is 18.6. The molecular weight excluding hydrogens is 248 g/mol. The summed E-state index contributed by atoms with van der Waals surface area (Å²) in [6, 6.07) is 8.57. The van der Waals surface area contributed by atoms with Crippen molar-refractivity contribution >= 4 is 18.3 Å². The van der Waals surface area contributed by atoms with Crippen LogP contribution in [0, 0.1) is 6.92 Å². The summed E-state index contributed by atoms with van der Waals surface area (Å²) in [4.78, 5) is 14.1. The number of nitrogens with zero attached hydrogens (tertiary/aromatic N) is 1. The Bertz CT molecular complexity index is 409. The second-order valence-corrected chi connectivity index (χ2v) is 4.72. The van der Waals surface area contributed by atoms with Gasteiger partial charge in [-0.3, -0.25) is 4.79 Å². The van der Waals surface area contributed by atoms with Gasteiger partial charge in [0.2, 0.25) is 5.91 Å². The Kier molecular flexibility index (Phi) is 5.63. The maximum absolute atomic E-state index is 12.1. The van der Waals surface area contributed by atoms with E-state index in [2.05, 4.69) is 18.3 Å². The summed E-state index contributed by atoms with van der Waals surface area (Å²) < 4.78 is 0. The number of aryl methyl sites for hydroxylation is 1. The molecule has 1 fully saturated rings. The molecule has 1 N–H and O–H groups in total. The van der Waals surface area contributed by atoms with Crippen molar-refractivity contribution in [2.24, 2.45) is 0 Å². The minimum absolute atomic E-state index is 0. The Balaban J connectivity index is 0.00000162. The maximum atomic E-state index is 12.1. The SMILES string of the molecule is CNC1CCN(C(=O)Cc2ccccc2C)C1.Cl. The Morgan fingerprint density at radius 2 is 2.17 bits per heavy atom. The molecule has 1 aliphatic heterocycles. The third-order valence-electron chi connectivity index (χ3n) is 3.55. The van der Waals surface area contributed by atoms with Crippen molar-refractivity contribution in [3.63, 3.8) is 0 Å². The summed E-state index contributed by atoms with van der Waals surface area (Å²) in [5, 5.41) is 3.23. The van der Waals surface area contributed by atoms with E-state index in [0.29, 0.717) is 12.5 Å². The van der Waals surface area contributed by atoms with Gasteiger partial charge in [-0.2, -0.15) is 0 Å². The topological polar surface area (TPSA) is 32.3 Å². The number of carbonyl (C=O) groups is 1. The molecule has 2 rings (SSSR count). The van der Waals surface area contributed by atoms with Crippen molar-refractivity contribution in [3.05, 3.63) is 35.4 Å². The van der Waals surface area contributed by atoms with Crippen LogP contribution < -0.4 is 5.32 Å². The molecule has 100 valence electrons. The van der Waals surface area contributed by atoms with E-state index in [0.717, 1.165) is 25.1 Å². The number of carbonyl (C=O) groups excluding carboxylic acids is 1. The molecule has 1 aromatic rings. The molecule has 1 unspecified atom stereocenters. The fourth-order valence-corrected chi connectivity index (χ4v) is 2.31. The summed E-state index contributed by atoms with van der Waals surface area (Å²) in [7, 11) is 1.96. The van der Waals surface area contributed by atoms with E-state index < -0.39 is 0 Å². The largest absolute Gasteiger partial charge is 0.341 e. The van der Waals surface area contributed by atoms with Gasteiger partial charge in [0.15, 0.2) is 0 Å². The summed E-state index contributed by atoms with van der Waals surface area (Å²) in [6.07, 6.45) is 1.60. The van der Waals surface area contributed by atoms with Gasteiger partial charge in [0.05, 0.1) is 6.42 Å². The highest BCUT2D eigenvalue weighted by atomic mass is 35.5. The van der Waals surface area contributed by atoms with Crippen molar-refractivity contribution in [2.75, 3.05) is 20.1 Å². The molecule has 18 heavy (non-hydrogen) atoms. The lowest BCUT2D eigenvalue weighted by atomic mass is 10.1.